The van der Waals surface area contributed by atoms with Crippen LogP contribution in [-0.4, -0.2) is 45.0 Å². The first kappa shape index (κ1) is 22.4. The molecule has 8 heteroatoms. The highest BCUT2D eigenvalue weighted by Crippen LogP contribution is 2.27. The molecular formula is C21H32N4O4. The molecule has 0 unspecified atom stereocenters. The lowest BCUT2D eigenvalue weighted by Crippen LogP contribution is -2.38. The molecule has 0 saturated heterocycles. The van der Waals surface area contributed by atoms with Crippen LogP contribution in [0.3, 0.4) is 0 Å². The first-order valence-corrected chi connectivity index (χ1v) is 9.89. The molecule has 0 amide bonds. The summed E-state index contributed by atoms with van der Waals surface area (Å²) in [5.41, 5.74) is 0.944. The van der Waals surface area contributed by atoms with Crippen LogP contribution in [-0.2, 0) is 6.54 Å². The van der Waals surface area contributed by atoms with E-state index in [1.165, 1.54) is 0 Å². The van der Waals surface area contributed by atoms with Crippen molar-refractivity contribution >= 4 is 5.96 Å². The first-order valence-electron chi connectivity index (χ1n) is 9.89. The summed E-state index contributed by atoms with van der Waals surface area (Å²) in [7, 11) is 3.24. The van der Waals surface area contributed by atoms with Gasteiger partial charge in [0.2, 0.25) is 0 Å². The number of guanidine groups is 1. The highest BCUT2D eigenvalue weighted by Gasteiger charge is 2.07. The van der Waals surface area contributed by atoms with E-state index >= 15 is 0 Å². The van der Waals surface area contributed by atoms with E-state index in [1.807, 2.05) is 31.2 Å². The minimum atomic E-state index is 0.340. The molecule has 0 aliphatic heterocycles. The summed E-state index contributed by atoms with van der Waals surface area (Å²) in [6.45, 7) is 8.69. The number of aliphatic imine (C=N–C) groups is 1. The number of nitrogens with one attached hydrogen (secondary N) is 2. The second-order valence-electron chi connectivity index (χ2n) is 6.75. The minimum Gasteiger partial charge on any atom is -0.496 e. The molecule has 1 heterocycles. The van der Waals surface area contributed by atoms with Crippen LogP contribution in [0.2, 0.25) is 0 Å². The molecule has 0 atom stereocenters. The lowest BCUT2D eigenvalue weighted by molar-refractivity contribution is 0.305. The van der Waals surface area contributed by atoms with E-state index in [0.29, 0.717) is 36.3 Å². The zero-order chi connectivity index (χ0) is 21.1. The molecule has 8 nitrogen and oxygen atoms in total. The molecule has 2 aromatic rings. The number of methoxy groups -OCH3 is 2. The molecule has 0 radical (unpaired) electrons. The predicted molar refractivity (Wildman–Crippen MR) is 113 cm³/mol. The summed E-state index contributed by atoms with van der Waals surface area (Å²) >= 11 is 0. The summed E-state index contributed by atoms with van der Waals surface area (Å²) in [6, 6.07) is 7.44. The summed E-state index contributed by atoms with van der Waals surface area (Å²) in [5, 5.41) is 10.6. The van der Waals surface area contributed by atoms with Crippen LogP contribution in [0.4, 0.5) is 0 Å². The van der Waals surface area contributed by atoms with E-state index in [2.05, 4.69) is 34.6 Å². The van der Waals surface area contributed by atoms with Gasteiger partial charge < -0.3 is 29.4 Å². The Labute approximate surface area is 172 Å². The molecule has 0 aliphatic rings. The predicted octanol–water partition coefficient (Wildman–Crippen LogP) is 3.34. The van der Waals surface area contributed by atoms with Crippen molar-refractivity contribution in [3.63, 3.8) is 0 Å². The average Bonchev–Trinajstić information content (AvgIpc) is 3.20. The molecule has 0 spiro atoms. The van der Waals surface area contributed by atoms with E-state index in [1.54, 1.807) is 14.2 Å². The van der Waals surface area contributed by atoms with Gasteiger partial charge in [0, 0.05) is 37.4 Å². The third-order valence-corrected chi connectivity index (χ3v) is 4.11. The molecule has 160 valence electrons. The Morgan fingerprint density at radius 1 is 1.07 bits per heavy atom. The van der Waals surface area contributed by atoms with Gasteiger partial charge in [-0.1, -0.05) is 19.0 Å². The maximum Gasteiger partial charge on any atom is 0.191 e. The zero-order valence-electron chi connectivity index (χ0n) is 17.9. The molecule has 0 saturated carbocycles. The normalized spacial score (nSPS) is 11.4. The number of nitrogens with zero attached hydrogens (tertiary/aromatic N) is 2. The SMILES string of the molecule is CCNC(=NCc1cc(C(C)C)no1)NCCCOc1cc(OC)cc(OC)c1. The van der Waals surface area contributed by atoms with Gasteiger partial charge in [0.25, 0.3) is 0 Å². The van der Waals surface area contributed by atoms with Crippen molar-refractivity contribution in [3.05, 3.63) is 35.7 Å². The summed E-state index contributed by atoms with van der Waals surface area (Å²) in [6.07, 6.45) is 0.809. The Morgan fingerprint density at radius 2 is 1.76 bits per heavy atom. The summed E-state index contributed by atoms with van der Waals surface area (Å²) < 4.78 is 21.6. The van der Waals surface area contributed by atoms with Gasteiger partial charge in [-0.15, -0.1) is 0 Å². The van der Waals surface area contributed by atoms with Crippen molar-refractivity contribution in [3.8, 4) is 17.2 Å². The number of aromatic nitrogens is 1. The van der Waals surface area contributed by atoms with Gasteiger partial charge in [0.1, 0.15) is 23.8 Å². The second-order valence-corrected chi connectivity index (χ2v) is 6.75. The van der Waals surface area contributed by atoms with Gasteiger partial charge in [-0.3, -0.25) is 0 Å². The quantitative estimate of drug-likeness (QED) is 0.337. The molecule has 2 N–H and O–H groups in total. The fraction of sp³-hybridized carbons (Fsp3) is 0.524. The maximum absolute atomic E-state index is 5.80. The molecule has 1 aromatic heterocycles. The molecule has 1 aromatic carbocycles. The Morgan fingerprint density at radius 3 is 2.34 bits per heavy atom. The molecule has 0 bridgehead atoms. The van der Waals surface area contributed by atoms with Crippen molar-refractivity contribution in [1.82, 2.24) is 15.8 Å². The van der Waals surface area contributed by atoms with Crippen LogP contribution in [0.15, 0.2) is 33.8 Å². The van der Waals surface area contributed by atoms with Gasteiger partial charge in [0.15, 0.2) is 11.7 Å². The lowest BCUT2D eigenvalue weighted by atomic mass is 10.1. The van der Waals surface area contributed by atoms with Crippen molar-refractivity contribution in [2.75, 3.05) is 33.9 Å². The van der Waals surface area contributed by atoms with Crippen molar-refractivity contribution < 1.29 is 18.7 Å². The van der Waals surface area contributed by atoms with Crippen LogP contribution in [0.25, 0.3) is 0 Å². The Bertz CT molecular complexity index is 752. The first-order chi connectivity index (χ1) is 14.0. The smallest absolute Gasteiger partial charge is 0.191 e. The monoisotopic (exact) mass is 404 g/mol. The Kier molecular flexibility index (Phi) is 9.14. The second kappa shape index (κ2) is 11.8. The van der Waals surface area contributed by atoms with E-state index in [4.69, 9.17) is 18.7 Å². The molecule has 29 heavy (non-hydrogen) atoms. The van der Waals surface area contributed by atoms with Crippen molar-refractivity contribution in [2.45, 2.75) is 39.7 Å². The standard InChI is InChI=1S/C21H32N4O4/c1-6-22-21(24-14-19-13-20(15(2)3)25-29-19)23-8-7-9-28-18-11-16(26-4)10-17(12-18)27-5/h10-13,15H,6-9,14H2,1-5H3,(H2,22,23,24). The van der Waals surface area contributed by atoms with E-state index in [-0.39, 0.29) is 0 Å². The van der Waals surface area contributed by atoms with Gasteiger partial charge in [-0.05, 0) is 19.3 Å². The third kappa shape index (κ3) is 7.56. The average molecular weight is 405 g/mol. The number of rotatable bonds is 11. The highest BCUT2D eigenvalue weighted by molar-refractivity contribution is 5.79. The lowest BCUT2D eigenvalue weighted by Gasteiger charge is -2.12. The van der Waals surface area contributed by atoms with Gasteiger partial charge in [-0.25, -0.2) is 4.99 Å². The highest BCUT2D eigenvalue weighted by atomic mass is 16.5. The van der Waals surface area contributed by atoms with Crippen LogP contribution < -0.4 is 24.8 Å². The van der Waals surface area contributed by atoms with E-state index in [9.17, 15) is 0 Å². The fourth-order valence-electron chi connectivity index (χ4n) is 2.51. The van der Waals surface area contributed by atoms with Gasteiger partial charge >= 0.3 is 0 Å². The van der Waals surface area contributed by atoms with Crippen LogP contribution in [0, 0.1) is 0 Å². The van der Waals surface area contributed by atoms with Crippen LogP contribution >= 0.6 is 0 Å². The molecule has 0 aliphatic carbocycles. The number of hydrogen-bond acceptors (Lipinski definition) is 6. The number of benzene rings is 1. The molecular weight excluding hydrogens is 372 g/mol. The van der Waals surface area contributed by atoms with Gasteiger partial charge in [-0.2, -0.15) is 0 Å². The fourth-order valence-corrected chi connectivity index (χ4v) is 2.51. The van der Waals surface area contributed by atoms with Gasteiger partial charge in [0.05, 0.1) is 26.5 Å². The number of hydrogen-bond donors (Lipinski definition) is 2. The van der Waals surface area contributed by atoms with Crippen molar-refractivity contribution in [2.24, 2.45) is 4.99 Å². The minimum absolute atomic E-state index is 0.340. The molecule has 2 rings (SSSR count). The Balaban J connectivity index is 1.78. The third-order valence-electron chi connectivity index (χ3n) is 4.11. The van der Waals surface area contributed by atoms with Crippen molar-refractivity contribution in [1.29, 1.82) is 0 Å². The van der Waals surface area contributed by atoms with Crippen LogP contribution in [0.5, 0.6) is 17.2 Å². The number of ether oxygens (including phenoxy) is 3. The largest absolute Gasteiger partial charge is 0.496 e. The Hall–Kier alpha value is -2.90. The van der Waals surface area contributed by atoms with E-state index < -0.39 is 0 Å². The van der Waals surface area contributed by atoms with E-state index in [0.717, 1.165) is 36.9 Å². The maximum atomic E-state index is 5.80. The van der Waals surface area contributed by atoms with Crippen LogP contribution in [0.1, 0.15) is 44.6 Å². The zero-order valence-corrected chi connectivity index (χ0v) is 17.9. The molecule has 0 fully saturated rings. The summed E-state index contributed by atoms with van der Waals surface area (Å²) in [4.78, 5) is 4.54. The topological polar surface area (TPSA) is 90.1 Å². The summed E-state index contributed by atoms with van der Waals surface area (Å²) in [5.74, 6) is 3.94.